The van der Waals surface area contributed by atoms with Crippen molar-refractivity contribution in [1.82, 2.24) is 15.2 Å². The Bertz CT molecular complexity index is 412. The molecule has 1 unspecified atom stereocenters. The molecule has 1 aromatic rings. The number of nitrogens with one attached hydrogen (secondary N) is 1. The van der Waals surface area contributed by atoms with Gasteiger partial charge in [-0.05, 0) is 38.1 Å². The third-order valence-corrected chi connectivity index (χ3v) is 5.60. The van der Waals surface area contributed by atoms with Crippen LogP contribution in [0, 0.1) is 5.92 Å². The van der Waals surface area contributed by atoms with Gasteiger partial charge in [-0.1, -0.05) is 19.8 Å². The highest BCUT2D eigenvalue weighted by Crippen LogP contribution is 2.22. The summed E-state index contributed by atoms with van der Waals surface area (Å²) in [4.78, 5) is 8.59. The number of nitrogens with zero attached hydrogens (tertiary/aromatic N) is 2. The topological polar surface area (TPSA) is 28.2 Å². The molecule has 1 aromatic heterocycles. The van der Waals surface area contributed by atoms with Gasteiger partial charge in [0.05, 0.1) is 6.54 Å². The Kier molecular flexibility index (Phi) is 5.08. The number of aromatic nitrogens is 1. The second kappa shape index (κ2) is 7.01. The summed E-state index contributed by atoms with van der Waals surface area (Å²) < 4.78 is 0. The van der Waals surface area contributed by atoms with Gasteiger partial charge in [-0.3, -0.25) is 4.90 Å². The molecule has 2 heterocycles. The fourth-order valence-corrected chi connectivity index (χ4v) is 4.42. The van der Waals surface area contributed by atoms with Gasteiger partial charge in [-0.2, -0.15) is 0 Å². The molecule has 0 aromatic carbocycles. The molecule has 112 valence electrons. The van der Waals surface area contributed by atoms with Gasteiger partial charge >= 0.3 is 0 Å². The number of hydrogen-bond donors (Lipinski definition) is 1. The van der Waals surface area contributed by atoms with Crippen molar-refractivity contribution in [2.75, 3.05) is 13.1 Å². The molecular weight excluding hydrogens is 266 g/mol. The Hall–Kier alpha value is -0.450. The van der Waals surface area contributed by atoms with Crippen LogP contribution in [0.25, 0.3) is 0 Å². The molecule has 1 N–H and O–H groups in total. The van der Waals surface area contributed by atoms with Crippen molar-refractivity contribution in [3.05, 3.63) is 16.1 Å². The van der Waals surface area contributed by atoms with E-state index in [0.717, 1.165) is 25.0 Å². The molecule has 2 aliphatic rings. The average molecular weight is 293 g/mol. The smallest absolute Gasteiger partial charge is 0.107 e. The lowest BCUT2D eigenvalue weighted by molar-refractivity contribution is 0.176. The molecule has 0 bridgehead atoms. The predicted molar refractivity (Wildman–Crippen MR) is 84.9 cm³/mol. The third kappa shape index (κ3) is 4.03. The van der Waals surface area contributed by atoms with E-state index < -0.39 is 0 Å². The number of piperidine rings is 1. The quantitative estimate of drug-likeness (QED) is 0.902. The molecular formula is C16H27N3S. The molecule has 1 saturated heterocycles. The summed E-state index contributed by atoms with van der Waals surface area (Å²) >= 11 is 1.90. The largest absolute Gasteiger partial charge is 0.309 e. The van der Waals surface area contributed by atoms with Gasteiger partial charge in [0.2, 0.25) is 0 Å². The molecule has 1 saturated carbocycles. The van der Waals surface area contributed by atoms with Crippen LogP contribution in [-0.2, 0) is 13.1 Å². The van der Waals surface area contributed by atoms with Gasteiger partial charge in [0.1, 0.15) is 5.01 Å². The first kappa shape index (κ1) is 14.5. The van der Waals surface area contributed by atoms with Crippen LogP contribution in [0.15, 0.2) is 6.20 Å². The second-order valence-electron chi connectivity index (χ2n) is 6.57. The molecule has 1 aliphatic carbocycles. The van der Waals surface area contributed by atoms with E-state index in [1.807, 2.05) is 11.3 Å². The van der Waals surface area contributed by atoms with Gasteiger partial charge in [-0.15, -0.1) is 11.3 Å². The standard InChI is InChI=1S/C16H27N3S/c1-13-5-4-8-19(11-13)12-16-18-10-15(20-16)9-17-14-6-2-3-7-14/h10,13-14,17H,2-9,11-12H2,1H3. The third-order valence-electron chi connectivity index (χ3n) is 4.62. The summed E-state index contributed by atoms with van der Waals surface area (Å²) in [5.74, 6) is 0.854. The van der Waals surface area contributed by atoms with E-state index in [0.29, 0.717) is 0 Å². The first-order valence-corrected chi connectivity index (χ1v) is 9.00. The van der Waals surface area contributed by atoms with Crippen molar-refractivity contribution in [1.29, 1.82) is 0 Å². The van der Waals surface area contributed by atoms with Crippen molar-refractivity contribution in [3.8, 4) is 0 Å². The summed E-state index contributed by atoms with van der Waals surface area (Å²) in [6.07, 6.45) is 10.3. The summed E-state index contributed by atoms with van der Waals surface area (Å²) in [6.45, 7) is 6.93. The van der Waals surface area contributed by atoms with Crippen molar-refractivity contribution in [3.63, 3.8) is 0 Å². The van der Waals surface area contributed by atoms with Gasteiger partial charge in [0.15, 0.2) is 0 Å². The molecule has 1 aliphatic heterocycles. The molecule has 0 radical (unpaired) electrons. The van der Waals surface area contributed by atoms with Crippen LogP contribution in [0.2, 0.25) is 0 Å². The number of thiazole rings is 1. The lowest BCUT2D eigenvalue weighted by Crippen LogP contribution is -2.33. The second-order valence-corrected chi connectivity index (χ2v) is 7.76. The van der Waals surface area contributed by atoms with Crippen LogP contribution in [0.3, 0.4) is 0 Å². The lowest BCUT2D eigenvalue weighted by Gasteiger charge is -2.29. The minimum absolute atomic E-state index is 0.753. The summed E-state index contributed by atoms with van der Waals surface area (Å²) in [5.41, 5.74) is 0. The molecule has 4 heteroatoms. The number of rotatable bonds is 5. The van der Waals surface area contributed by atoms with E-state index in [1.165, 1.54) is 61.5 Å². The summed E-state index contributed by atoms with van der Waals surface area (Å²) in [7, 11) is 0. The highest BCUT2D eigenvalue weighted by Gasteiger charge is 2.18. The first-order chi connectivity index (χ1) is 9.79. The first-order valence-electron chi connectivity index (χ1n) is 8.19. The van der Waals surface area contributed by atoms with Crippen LogP contribution < -0.4 is 5.32 Å². The van der Waals surface area contributed by atoms with Gasteiger partial charge < -0.3 is 5.32 Å². The van der Waals surface area contributed by atoms with Crippen molar-refractivity contribution < 1.29 is 0 Å². The summed E-state index contributed by atoms with van der Waals surface area (Å²) in [6, 6.07) is 0.753. The predicted octanol–water partition coefficient (Wildman–Crippen LogP) is 3.41. The Morgan fingerprint density at radius 2 is 2.15 bits per heavy atom. The maximum atomic E-state index is 4.62. The maximum Gasteiger partial charge on any atom is 0.107 e. The van der Waals surface area contributed by atoms with E-state index in [-0.39, 0.29) is 0 Å². The van der Waals surface area contributed by atoms with E-state index in [2.05, 4.69) is 28.3 Å². The fraction of sp³-hybridized carbons (Fsp3) is 0.812. The van der Waals surface area contributed by atoms with E-state index >= 15 is 0 Å². The molecule has 20 heavy (non-hydrogen) atoms. The van der Waals surface area contributed by atoms with Crippen LogP contribution in [0.1, 0.15) is 55.3 Å². The van der Waals surface area contributed by atoms with E-state index in [1.54, 1.807) is 0 Å². The van der Waals surface area contributed by atoms with Gasteiger partial charge in [0, 0.05) is 30.2 Å². The minimum atomic E-state index is 0.753. The zero-order chi connectivity index (χ0) is 13.8. The summed E-state index contributed by atoms with van der Waals surface area (Å²) in [5, 5.41) is 4.97. The van der Waals surface area contributed by atoms with Crippen molar-refractivity contribution >= 4 is 11.3 Å². The molecule has 3 nitrogen and oxygen atoms in total. The number of likely N-dealkylation sites (tertiary alicyclic amines) is 1. The zero-order valence-electron chi connectivity index (χ0n) is 12.6. The van der Waals surface area contributed by atoms with Gasteiger partial charge in [0.25, 0.3) is 0 Å². The van der Waals surface area contributed by atoms with Crippen LogP contribution in [0.5, 0.6) is 0 Å². The van der Waals surface area contributed by atoms with E-state index in [4.69, 9.17) is 0 Å². The monoisotopic (exact) mass is 293 g/mol. The fourth-order valence-electron chi connectivity index (χ4n) is 3.50. The molecule has 0 spiro atoms. The van der Waals surface area contributed by atoms with Crippen molar-refractivity contribution in [2.45, 2.75) is 64.6 Å². The normalized spacial score (nSPS) is 25.4. The SMILES string of the molecule is CC1CCCN(Cc2ncc(CNC3CCCC3)s2)C1. The molecule has 0 amide bonds. The molecule has 2 fully saturated rings. The lowest BCUT2D eigenvalue weighted by atomic mass is 10.0. The maximum absolute atomic E-state index is 4.62. The highest BCUT2D eigenvalue weighted by molar-refractivity contribution is 7.11. The Balaban J connectivity index is 1.46. The Morgan fingerprint density at radius 1 is 1.30 bits per heavy atom. The average Bonchev–Trinajstić information content (AvgIpc) is 3.07. The van der Waals surface area contributed by atoms with Crippen LogP contribution >= 0.6 is 11.3 Å². The zero-order valence-corrected chi connectivity index (χ0v) is 13.4. The van der Waals surface area contributed by atoms with Crippen molar-refractivity contribution in [2.24, 2.45) is 5.92 Å². The van der Waals surface area contributed by atoms with E-state index in [9.17, 15) is 0 Å². The Morgan fingerprint density at radius 3 is 2.95 bits per heavy atom. The molecule has 1 atom stereocenters. The highest BCUT2D eigenvalue weighted by atomic mass is 32.1. The van der Waals surface area contributed by atoms with Crippen LogP contribution in [0.4, 0.5) is 0 Å². The van der Waals surface area contributed by atoms with Crippen LogP contribution in [-0.4, -0.2) is 29.0 Å². The molecule has 3 rings (SSSR count). The Labute approximate surface area is 126 Å². The number of hydrogen-bond acceptors (Lipinski definition) is 4. The van der Waals surface area contributed by atoms with Gasteiger partial charge in [-0.25, -0.2) is 4.98 Å². The minimum Gasteiger partial charge on any atom is -0.309 e.